The number of guanidine groups is 1. The van der Waals surface area contributed by atoms with Gasteiger partial charge in [-0.05, 0) is 34.1 Å². The van der Waals surface area contributed by atoms with Gasteiger partial charge in [0.1, 0.15) is 0 Å². The van der Waals surface area contributed by atoms with E-state index in [0.717, 1.165) is 0 Å². The molecule has 0 aromatic rings. The summed E-state index contributed by atoms with van der Waals surface area (Å²) in [5, 5.41) is 6.09. The van der Waals surface area contributed by atoms with Gasteiger partial charge in [0.2, 0.25) is 0 Å². The first kappa shape index (κ1) is 25.7. The number of alkyl halides is 3. The molecule has 6 nitrogen and oxygen atoms in total. The molecule has 1 heterocycles. The third-order valence-corrected chi connectivity index (χ3v) is 6.51. The van der Waals surface area contributed by atoms with Gasteiger partial charge in [0.05, 0.1) is 23.6 Å². The fourth-order valence-corrected chi connectivity index (χ4v) is 3.39. The van der Waals surface area contributed by atoms with E-state index < -0.39 is 27.3 Å². The molecule has 0 aromatic heterocycles. The van der Waals surface area contributed by atoms with Crippen LogP contribution in [-0.4, -0.2) is 74.7 Å². The third-order valence-electron chi connectivity index (χ3n) is 3.92. The predicted octanol–water partition coefficient (Wildman–Crippen LogP) is 2.01. The van der Waals surface area contributed by atoms with E-state index in [9.17, 15) is 21.6 Å². The molecule has 11 heteroatoms. The third kappa shape index (κ3) is 9.07. The SMILES string of the molecule is CCNC(=NCCS(=O)(=O)C(C)(C)C)NC1CCN(CC(F)(F)F)C1.I. The van der Waals surface area contributed by atoms with Crippen LogP contribution in [0.1, 0.15) is 34.1 Å². The minimum Gasteiger partial charge on any atom is -0.357 e. The standard InChI is InChI=1S/C15H29F3N4O2S.HI/c1-5-19-13(20-7-9-25(23,24)14(2,3)4)21-12-6-8-22(10-12)11-15(16,17)18;/h12H,5-11H2,1-4H3,(H2,19,20,21);1H. The van der Waals surface area contributed by atoms with Crippen molar-refractivity contribution in [2.75, 3.05) is 38.5 Å². The van der Waals surface area contributed by atoms with Crippen LogP contribution >= 0.6 is 24.0 Å². The zero-order valence-corrected chi connectivity index (χ0v) is 18.8. The topological polar surface area (TPSA) is 73.8 Å². The minimum atomic E-state index is -4.20. The summed E-state index contributed by atoms with van der Waals surface area (Å²) in [5.74, 6) is 0.364. The van der Waals surface area contributed by atoms with E-state index in [0.29, 0.717) is 25.5 Å². The summed E-state index contributed by atoms with van der Waals surface area (Å²) in [6, 6.07) is -0.139. The van der Waals surface area contributed by atoms with Gasteiger partial charge in [-0.1, -0.05) is 0 Å². The first-order chi connectivity index (χ1) is 11.3. The average Bonchev–Trinajstić information content (AvgIpc) is 2.82. The van der Waals surface area contributed by atoms with Crippen molar-refractivity contribution < 1.29 is 21.6 Å². The quantitative estimate of drug-likeness (QED) is 0.323. The molecule has 0 radical (unpaired) electrons. The van der Waals surface area contributed by atoms with Crippen molar-refractivity contribution in [1.29, 1.82) is 0 Å². The average molecular weight is 514 g/mol. The summed E-state index contributed by atoms with van der Waals surface area (Å²) in [5.41, 5.74) is 0. The molecule has 1 saturated heterocycles. The summed E-state index contributed by atoms with van der Waals surface area (Å²) < 4.78 is 60.7. The van der Waals surface area contributed by atoms with E-state index in [1.165, 1.54) is 4.90 Å². The van der Waals surface area contributed by atoms with Crippen LogP contribution in [0, 0.1) is 0 Å². The molecule has 0 aliphatic carbocycles. The van der Waals surface area contributed by atoms with Crippen molar-refractivity contribution in [3.05, 3.63) is 0 Å². The Morgan fingerprint density at radius 2 is 1.88 bits per heavy atom. The zero-order chi connectivity index (χ0) is 19.3. The first-order valence-electron chi connectivity index (χ1n) is 8.40. The Balaban J connectivity index is 0.00000625. The van der Waals surface area contributed by atoms with Crippen molar-refractivity contribution in [1.82, 2.24) is 15.5 Å². The molecule has 0 amide bonds. The van der Waals surface area contributed by atoms with Crippen LogP contribution in [0.15, 0.2) is 4.99 Å². The molecule has 1 aliphatic rings. The number of halogens is 4. The molecule has 2 N–H and O–H groups in total. The number of likely N-dealkylation sites (tertiary alicyclic amines) is 1. The van der Waals surface area contributed by atoms with Gasteiger partial charge in [0.25, 0.3) is 0 Å². The summed E-state index contributed by atoms with van der Waals surface area (Å²) in [6.07, 6.45) is -3.62. The molecule has 26 heavy (non-hydrogen) atoms. The van der Waals surface area contributed by atoms with Gasteiger partial charge in [-0.15, -0.1) is 24.0 Å². The van der Waals surface area contributed by atoms with E-state index in [1.54, 1.807) is 20.8 Å². The fourth-order valence-electron chi connectivity index (χ4n) is 2.44. The molecule has 0 saturated carbocycles. The Kier molecular flexibility index (Phi) is 10.2. The van der Waals surface area contributed by atoms with Crippen LogP contribution < -0.4 is 10.6 Å². The molecule has 0 bridgehead atoms. The van der Waals surface area contributed by atoms with Crippen molar-refractivity contribution in [3.8, 4) is 0 Å². The number of aliphatic imine (C=N–C) groups is 1. The lowest BCUT2D eigenvalue weighted by Gasteiger charge is -2.20. The fraction of sp³-hybridized carbons (Fsp3) is 0.933. The molecule has 0 aromatic carbocycles. The molecule has 156 valence electrons. The Bertz CT molecular complexity index is 562. The highest BCUT2D eigenvalue weighted by molar-refractivity contribution is 14.0. The minimum absolute atomic E-state index is 0. The van der Waals surface area contributed by atoms with Crippen molar-refractivity contribution >= 4 is 39.8 Å². The smallest absolute Gasteiger partial charge is 0.357 e. The summed E-state index contributed by atoms with van der Waals surface area (Å²) >= 11 is 0. The van der Waals surface area contributed by atoms with Gasteiger partial charge < -0.3 is 10.6 Å². The number of nitrogens with one attached hydrogen (secondary N) is 2. The second kappa shape index (κ2) is 10.3. The summed E-state index contributed by atoms with van der Waals surface area (Å²) in [6.45, 7) is 7.22. The van der Waals surface area contributed by atoms with Crippen molar-refractivity contribution in [2.24, 2.45) is 4.99 Å². The number of hydrogen-bond acceptors (Lipinski definition) is 4. The lowest BCUT2D eigenvalue weighted by atomic mass is 10.3. The highest BCUT2D eigenvalue weighted by Gasteiger charge is 2.34. The Morgan fingerprint density at radius 3 is 2.38 bits per heavy atom. The Labute approximate surface area is 171 Å². The molecule has 1 fully saturated rings. The van der Waals surface area contributed by atoms with E-state index in [2.05, 4.69) is 15.6 Å². The molecule has 0 spiro atoms. The maximum Gasteiger partial charge on any atom is 0.401 e. The molecule has 1 atom stereocenters. The van der Waals surface area contributed by atoms with Crippen LogP contribution in [0.2, 0.25) is 0 Å². The van der Waals surface area contributed by atoms with Crippen LogP contribution in [-0.2, 0) is 9.84 Å². The predicted molar refractivity (Wildman–Crippen MR) is 109 cm³/mol. The van der Waals surface area contributed by atoms with Gasteiger partial charge in [0.15, 0.2) is 15.8 Å². The van der Waals surface area contributed by atoms with Gasteiger partial charge in [-0.3, -0.25) is 9.89 Å². The van der Waals surface area contributed by atoms with Crippen molar-refractivity contribution in [3.63, 3.8) is 0 Å². The van der Waals surface area contributed by atoms with Crippen LogP contribution in [0.3, 0.4) is 0 Å². The normalized spacial score (nSPS) is 20.0. The van der Waals surface area contributed by atoms with Gasteiger partial charge in [-0.2, -0.15) is 13.2 Å². The first-order valence-corrected chi connectivity index (χ1v) is 10.1. The Hall–Kier alpha value is -0.300. The largest absolute Gasteiger partial charge is 0.401 e. The number of rotatable bonds is 6. The van der Waals surface area contributed by atoms with E-state index >= 15 is 0 Å². The monoisotopic (exact) mass is 514 g/mol. The van der Waals surface area contributed by atoms with Gasteiger partial charge in [0, 0.05) is 25.7 Å². The van der Waals surface area contributed by atoms with E-state index in [-0.39, 0.29) is 48.9 Å². The highest BCUT2D eigenvalue weighted by atomic mass is 127. The number of hydrogen-bond donors (Lipinski definition) is 2. The van der Waals surface area contributed by atoms with E-state index in [4.69, 9.17) is 0 Å². The second-order valence-corrected chi connectivity index (χ2v) is 10.0. The molecule has 1 rings (SSSR count). The molecule has 1 aliphatic heterocycles. The van der Waals surface area contributed by atoms with Gasteiger partial charge in [-0.25, -0.2) is 8.42 Å². The molecular weight excluding hydrogens is 484 g/mol. The van der Waals surface area contributed by atoms with Gasteiger partial charge >= 0.3 is 6.18 Å². The van der Waals surface area contributed by atoms with Crippen LogP contribution in [0.25, 0.3) is 0 Å². The maximum absolute atomic E-state index is 12.4. The Morgan fingerprint density at radius 1 is 1.27 bits per heavy atom. The summed E-state index contributed by atoms with van der Waals surface area (Å²) in [7, 11) is -3.26. The molecular formula is C15H30F3IN4O2S. The van der Waals surface area contributed by atoms with Crippen LogP contribution in [0.4, 0.5) is 13.2 Å². The summed E-state index contributed by atoms with van der Waals surface area (Å²) in [4.78, 5) is 5.60. The highest BCUT2D eigenvalue weighted by Crippen LogP contribution is 2.20. The maximum atomic E-state index is 12.4. The lowest BCUT2D eigenvalue weighted by Crippen LogP contribution is -2.45. The van der Waals surface area contributed by atoms with E-state index in [1.807, 2.05) is 6.92 Å². The zero-order valence-electron chi connectivity index (χ0n) is 15.7. The second-order valence-electron chi connectivity index (χ2n) is 7.17. The van der Waals surface area contributed by atoms with Crippen LogP contribution in [0.5, 0.6) is 0 Å². The van der Waals surface area contributed by atoms with Crippen molar-refractivity contribution in [2.45, 2.75) is 51.1 Å². The lowest BCUT2D eigenvalue weighted by molar-refractivity contribution is -0.143. The number of sulfone groups is 1. The number of nitrogens with zero attached hydrogens (tertiary/aromatic N) is 2. The molecule has 1 unspecified atom stereocenters.